The van der Waals surface area contributed by atoms with Crippen LogP contribution in [-0.2, 0) is 17.9 Å². The predicted molar refractivity (Wildman–Crippen MR) is 111 cm³/mol. The number of benzene rings is 2. The van der Waals surface area contributed by atoms with E-state index >= 15 is 0 Å². The molecule has 4 nitrogen and oxygen atoms in total. The highest BCUT2D eigenvalue weighted by Gasteiger charge is 2.16. The fourth-order valence-electron chi connectivity index (χ4n) is 3.04. The number of ether oxygens (including phenoxy) is 3. The number of rotatable bonds is 9. The molecule has 0 spiro atoms. The van der Waals surface area contributed by atoms with Crippen molar-refractivity contribution < 1.29 is 14.2 Å². The van der Waals surface area contributed by atoms with Crippen LogP contribution in [-0.4, -0.2) is 25.9 Å². The zero-order valence-corrected chi connectivity index (χ0v) is 17.2. The Kier molecular flexibility index (Phi) is 9.22. The van der Waals surface area contributed by atoms with Gasteiger partial charge in [-0.15, -0.1) is 12.4 Å². The van der Waals surface area contributed by atoms with E-state index in [1.165, 1.54) is 0 Å². The summed E-state index contributed by atoms with van der Waals surface area (Å²) in [4.78, 5) is 0. The second-order valence-corrected chi connectivity index (χ2v) is 6.79. The smallest absolute Gasteiger partial charge is 0.180 e. The fraction of sp³-hybridized carbons (Fsp3) is 0.429. The Labute approximate surface area is 172 Å². The van der Waals surface area contributed by atoms with Gasteiger partial charge in [0, 0.05) is 19.7 Å². The highest BCUT2D eigenvalue weighted by Crippen LogP contribution is 2.37. The average molecular weight is 412 g/mol. The molecule has 1 aliphatic rings. The molecule has 1 saturated heterocycles. The number of hydrogen-bond donors (Lipinski definition) is 1. The molecule has 3 rings (SSSR count). The van der Waals surface area contributed by atoms with Crippen molar-refractivity contribution in [2.75, 3.05) is 19.8 Å². The van der Waals surface area contributed by atoms with E-state index in [0.29, 0.717) is 35.8 Å². The zero-order valence-electron chi connectivity index (χ0n) is 15.6. The van der Waals surface area contributed by atoms with Gasteiger partial charge in [0.25, 0.3) is 0 Å². The van der Waals surface area contributed by atoms with Crippen LogP contribution in [0.3, 0.4) is 0 Å². The Morgan fingerprint density at radius 1 is 1.15 bits per heavy atom. The third-order valence-electron chi connectivity index (χ3n) is 4.32. The van der Waals surface area contributed by atoms with Crippen LogP contribution in [0, 0.1) is 0 Å². The molecule has 0 aliphatic carbocycles. The van der Waals surface area contributed by atoms with E-state index in [4.69, 9.17) is 25.8 Å². The standard InChI is InChI=1S/C21H26ClNO3.ClH/c1-2-24-20-12-17(13-23-14-18-9-6-10-25-18)11-19(22)21(20)26-15-16-7-4-3-5-8-16;/h3-5,7-8,11-12,18,23H,2,6,9-10,13-15H2,1H3;1H. The summed E-state index contributed by atoms with van der Waals surface area (Å²) in [6, 6.07) is 14.0. The summed E-state index contributed by atoms with van der Waals surface area (Å²) in [6.07, 6.45) is 2.61. The van der Waals surface area contributed by atoms with Gasteiger partial charge in [-0.1, -0.05) is 41.9 Å². The second kappa shape index (κ2) is 11.4. The first-order chi connectivity index (χ1) is 12.8. The molecule has 0 aromatic heterocycles. The lowest BCUT2D eigenvalue weighted by molar-refractivity contribution is 0.110. The topological polar surface area (TPSA) is 39.7 Å². The summed E-state index contributed by atoms with van der Waals surface area (Å²) in [5.41, 5.74) is 2.16. The van der Waals surface area contributed by atoms with E-state index in [2.05, 4.69) is 5.32 Å². The Bertz CT molecular complexity index is 691. The molecule has 2 aromatic carbocycles. The van der Waals surface area contributed by atoms with Crippen LogP contribution in [0.4, 0.5) is 0 Å². The third kappa shape index (κ3) is 6.58. The largest absolute Gasteiger partial charge is 0.490 e. The summed E-state index contributed by atoms with van der Waals surface area (Å²) in [5, 5.41) is 4.01. The van der Waals surface area contributed by atoms with Crippen LogP contribution >= 0.6 is 24.0 Å². The lowest BCUT2D eigenvalue weighted by Gasteiger charge is -2.16. The first-order valence-electron chi connectivity index (χ1n) is 9.20. The molecule has 1 atom stereocenters. The quantitative estimate of drug-likeness (QED) is 0.629. The maximum absolute atomic E-state index is 6.49. The van der Waals surface area contributed by atoms with Gasteiger partial charge in [-0.25, -0.2) is 0 Å². The molecular formula is C21H27Cl2NO3. The van der Waals surface area contributed by atoms with Crippen LogP contribution in [0.1, 0.15) is 30.9 Å². The van der Waals surface area contributed by atoms with Crippen LogP contribution in [0.15, 0.2) is 42.5 Å². The maximum atomic E-state index is 6.49. The first kappa shape index (κ1) is 21.8. The SMILES string of the molecule is CCOc1cc(CNCC2CCCO2)cc(Cl)c1OCc1ccccc1.Cl. The minimum atomic E-state index is 0. The van der Waals surface area contributed by atoms with Crippen molar-refractivity contribution in [1.82, 2.24) is 5.32 Å². The summed E-state index contributed by atoms with van der Waals surface area (Å²) in [6.45, 7) is 5.42. The summed E-state index contributed by atoms with van der Waals surface area (Å²) < 4.78 is 17.4. The van der Waals surface area contributed by atoms with Crippen LogP contribution in [0.5, 0.6) is 11.5 Å². The minimum Gasteiger partial charge on any atom is -0.490 e. The summed E-state index contributed by atoms with van der Waals surface area (Å²) in [7, 11) is 0. The van der Waals surface area contributed by atoms with Gasteiger partial charge in [0.15, 0.2) is 11.5 Å². The lowest BCUT2D eigenvalue weighted by Crippen LogP contribution is -2.25. The van der Waals surface area contributed by atoms with Crippen molar-refractivity contribution in [2.24, 2.45) is 0 Å². The molecule has 1 unspecified atom stereocenters. The van der Waals surface area contributed by atoms with Crippen molar-refractivity contribution in [3.05, 3.63) is 58.6 Å². The number of nitrogens with one attached hydrogen (secondary N) is 1. The van der Waals surface area contributed by atoms with Gasteiger partial charge in [0.2, 0.25) is 0 Å². The second-order valence-electron chi connectivity index (χ2n) is 6.38. The van der Waals surface area contributed by atoms with E-state index < -0.39 is 0 Å². The Hall–Kier alpha value is -1.46. The van der Waals surface area contributed by atoms with Crippen molar-refractivity contribution >= 4 is 24.0 Å². The van der Waals surface area contributed by atoms with Crippen molar-refractivity contribution in [3.8, 4) is 11.5 Å². The molecule has 0 amide bonds. The van der Waals surface area contributed by atoms with Gasteiger partial charge >= 0.3 is 0 Å². The number of halogens is 2. The molecule has 6 heteroatoms. The molecule has 1 heterocycles. The predicted octanol–water partition coefficient (Wildman–Crippen LogP) is 5.01. The minimum absolute atomic E-state index is 0. The van der Waals surface area contributed by atoms with Crippen molar-refractivity contribution in [3.63, 3.8) is 0 Å². The third-order valence-corrected chi connectivity index (χ3v) is 4.60. The van der Waals surface area contributed by atoms with Crippen LogP contribution in [0.2, 0.25) is 5.02 Å². The highest BCUT2D eigenvalue weighted by atomic mass is 35.5. The molecule has 0 saturated carbocycles. The van der Waals surface area contributed by atoms with E-state index in [1.807, 2.05) is 49.4 Å². The zero-order chi connectivity index (χ0) is 18.2. The molecule has 148 valence electrons. The van der Waals surface area contributed by atoms with Crippen molar-refractivity contribution in [2.45, 2.75) is 39.0 Å². The van der Waals surface area contributed by atoms with Gasteiger partial charge in [-0.05, 0) is 43.0 Å². The molecule has 0 bridgehead atoms. The fourth-order valence-corrected chi connectivity index (χ4v) is 3.33. The van der Waals surface area contributed by atoms with E-state index in [0.717, 1.165) is 43.7 Å². The lowest BCUT2D eigenvalue weighted by atomic mass is 10.2. The molecule has 0 radical (unpaired) electrons. The van der Waals surface area contributed by atoms with Gasteiger partial charge in [0.05, 0.1) is 17.7 Å². The van der Waals surface area contributed by atoms with Gasteiger partial charge in [0.1, 0.15) is 6.61 Å². The highest BCUT2D eigenvalue weighted by molar-refractivity contribution is 6.32. The van der Waals surface area contributed by atoms with Gasteiger partial charge < -0.3 is 19.5 Å². The van der Waals surface area contributed by atoms with Crippen molar-refractivity contribution in [1.29, 1.82) is 0 Å². The average Bonchev–Trinajstić information content (AvgIpc) is 3.16. The van der Waals surface area contributed by atoms with Gasteiger partial charge in [-0.3, -0.25) is 0 Å². The summed E-state index contributed by atoms with van der Waals surface area (Å²) >= 11 is 6.49. The van der Waals surface area contributed by atoms with E-state index in [-0.39, 0.29) is 12.4 Å². The molecule has 1 aliphatic heterocycles. The normalized spacial score (nSPS) is 16.0. The maximum Gasteiger partial charge on any atom is 0.180 e. The molecular weight excluding hydrogens is 385 g/mol. The number of hydrogen-bond acceptors (Lipinski definition) is 4. The Balaban J connectivity index is 0.00000261. The summed E-state index contributed by atoms with van der Waals surface area (Å²) in [5.74, 6) is 1.28. The van der Waals surface area contributed by atoms with Gasteiger partial charge in [-0.2, -0.15) is 0 Å². The Morgan fingerprint density at radius 3 is 2.67 bits per heavy atom. The molecule has 1 fully saturated rings. The molecule has 27 heavy (non-hydrogen) atoms. The molecule has 2 aromatic rings. The van der Waals surface area contributed by atoms with E-state index in [9.17, 15) is 0 Å². The first-order valence-corrected chi connectivity index (χ1v) is 9.58. The van der Waals surface area contributed by atoms with E-state index in [1.54, 1.807) is 0 Å². The Morgan fingerprint density at radius 2 is 1.96 bits per heavy atom. The van der Waals surface area contributed by atoms with Crippen LogP contribution in [0.25, 0.3) is 0 Å². The van der Waals surface area contributed by atoms with Crippen LogP contribution < -0.4 is 14.8 Å². The monoisotopic (exact) mass is 411 g/mol. The molecule has 1 N–H and O–H groups in total.